The molecule has 8 heteroatoms. The summed E-state index contributed by atoms with van der Waals surface area (Å²) in [4.78, 5) is 46.6. The molecule has 0 saturated heterocycles. The standard InChI is InChI=1S/C55H64O8/c1-34(2)7-6-8-35(3)48-23-24-49-46-21-14-40-31-55(28-27-53(40,4)50(46)25-26-54(48,49)5,38-10-16-41(17-11-38)62-43-20-22-45(51(58)59)37(29-43)33-57)39-12-18-42(19-13-39)63-44-15-9-36(32-56)47(30-44)52(60)61/h9-13,15-20,22,29-30,32-35,40,46,48-50H,6-8,14,21,23-28,31H2,1-5H3,(H,58,59)(H,60,61). The number of fused-ring (bicyclic) bond motifs is 5. The molecule has 332 valence electrons. The normalized spacial score (nSPS) is 29.1. The molecule has 4 aliphatic carbocycles. The van der Waals surface area contributed by atoms with Crippen LogP contribution < -0.4 is 9.47 Å². The third-order valence-corrected chi connectivity index (χ3v) is 17.0. The van der Waals surface area contributed by atoms with Gasteiger partial charge in [-0.25, -0.2) is 9.59 Å². The summed E-state index contributed by atoms with van der Waals surface area (Å²) in [5.41, 5.74) is 2.83. The zero-order valence-electron chi connectivity index (χ0n) is 37.6. The van der Waals surface area contributed by atoms with Gasteiger partial charge < -0.3 is 19.7 Å². The maximum absolute atomic E-state index is 11.8. The molecule has 0 bridgehead atoms. The Morgan fingerprint density at radius 2 is 1.22 bits per heavy atom. The molecule has 0 radical (unpaired) electrons. The van der Waals surface area contributed by atoms with Crippen LogP contribution >= 0.6 is 0 Å². The summed E-state index contributed by atoms with van der Waals surface area (Å²) < 4.78 is 12.3. The summed E-state index contributed by atoms with van der Waals surface area (Å²) >= 11 is 0. The lowest BCUT2D eigenvalue weighted by Crippen LogP contribution is -2.55. The molecular weight excluding hydrogens is 789 g/mol. The molecule has 2 N–H and O–H groups in total. The first-order chi connectivity index (χ1) is 30.2. The van der Waals surface area contributed by atoms with Gasteiger partial charge in [-0.2, -0.15) is 0 Å². The predicted octanol–water partition coefficient (Wildman–Crippen LogP) is 13.7. The van der Waals surface area contributed by atoms with Crippen LogP contribution in [0.25, 0.3) is 0 Å². The van der Waals surface area contributed by atoms with Crippen LogP contribution in [0.4, 0.5) is 0 Å². The summed E-state index contributed by atoms with van der Waals surface area (Å²) in [6.07, 6.45) is 16.3. The molecule has 4 saturated carbocycles. The summed E-state index contributed by atoms with van der Waals surface area (Å²) in [6, 6.07) is 25.4. The Hall–Kier alpha value is -5.24. The van der Waals surface area contributed by atoms with Crippen molar-refractivity contribution in [3.63, 3.8) is 0 Å². The van der Waals surface area contributed by atoms with Gasteiger partial charge in [0, 0.05) is 16.5 Å². The van der Waals surface area contributed by atoms with Gasteiger partial charge in [0.1, 0.15) is 23.0 Å². The van der Waals surface area contributed by atoms with Gasteiger partial charge in [0.15, 0.2) is 12.6 Å². The third kappa shape index (κ3) is 8.35. The van der Waals surface area contributed by atoms with E-state index in [4.69, 9.17) is 9.47 Å². The molecular formula is C55H64O8. The van der Waals surface area contributed by atoms with E-state index in [0.29, 0.717) is 46.9 Å². The van der Waals surface area contributed by atoms with Crippen LogP contribution in [0.5, 0.6) is 23.0 Å². The molecule has 9 unspecified atom stereocenters. The van der Waals surface area contributed by atoms with Crippen LogP contribution in [0.2, 0.25) is 0 Å². The molecule has 63 heavy (non-hydrogen) atoms. The van der Waals surface area contributed by atoms with E-state index < -0.39 is 11.9 Å². The second kappa shape index (κ2) is 17.7. The number of carbonyl (C=O) groups is 4. The van der Waals surface area contributed by atoms with E-state index in [1.807, 2.05) is 24.3 Å². The van der Waals surface area contributed by atoms with E-state index in [9.17, 15) is 29.4 Å². The van der Waals surface area contributed by atoms with Crippen LogP contribution in [0.3, 0.4) is 0 Å². The van der Waals surface area contributed by atoms with Crippen molar-refractivity contribution in [3.05, 3.63) is 118 Å². The number of ether oxygens (including phenoxy) is 2. The molecule has 8 nitrogen and oxygen atoms in total. The number of aldehydes is 2. The maximum Gasteiger partial charge on any atom is 0.336 e. The summed E-state index contributed by atoms with van der Waals surface area (Å²) in [7, 11) is 0. The lowest BCUT2D eigenvalue weighted by Gasteiger charge is -2.63. The quantitative estimate of drug-likeness (QED) is 0.113. The second-order valence-corrected chi connectivity index (χ2v) is 20.6. The number of hydrogen-bond donors (Lipinski definition) is 2. The van der Waals surface area contributed by atoms with E-state index in [1.54, 1.807) is 12.1 Å². The Morgan fingerprint density at radius 3 is 1.83 bits per heavy atom. The molecule has 0 spiro atoms. The fourth-order valence-electron chi connectivity index (χ4n) is 13.7. The van der Waals surface area contributed by atoms with E-state index in [-0.39, 0.29) is 33.1 Å². The van der Waals surface area contributed by atoms with Crippen LogP contribution in [-0.4, -0.2) is 34.7 Å². The largest absolute Gasteiger partial charge is 0.478 e. The molecule has 0 heterocycles. The van der Waals surface area contributed by atoms with Crippen LogP contribution in [0.1, 0.15) is 164 Å². The number of carbonyl (C=O) groups excluding carboxylic acids is 2. The lowest BCUT2D eigenvalue weighted by atomic mass is 9.42. The van der Waals surface area contributed by atoms with Gasteiger partial charge in [0.25, 0.3) is 0 Å². The van der Waals surface area contributed by atoms with Crippen molar-refractivity contribution in [2.24, 2.45) is 52.3 Å². The predicted molar refractivity (Wildman–Crippen MR) is 244 cm³/mol. The average molecular weight is 853 g/mol. The van der Waals surface area contributed by atoms with Gasteiger partial charge in [-0.1, -0.05) is 78.1 Å². The first kappa shape index (κ1) is 44.4. The fraction of sp³-hybridized carbons (Fsp3) is 0.491. The van der Waals surface area contributed by atoms with Gasteiger partial charge in [-0.05, 0) is 182 Å². The number of benzene rings is 4. The Kier molecular flexibility index (Phi) is 12.5. The van der Waals surface area contributed by atoms with Crippen molar-refractivity contribution in [2.45, 2.75) is 117 Å². The molecule has 4 aromatic carbocycles. The minimum Gasteiger partial charge on any atom is -0.478 e. The second-order valence-electron chi connectivity index (χ2n) is 20.6. The van der Waals surface area contributed by atoms with Gasteiger partial charge in [0.05, 0.1) is 11.1 Å². The highest BCUT2D eigenvalue weighted by molar-refractivity contribution is 5.98. The van der Waals surface area contributed by atoms with Gasteiger partial charge in [-0.15, -0.1) is 0 Å². The summed E-state index contributed by atoms with van der Waals surface area (Å²) in [6.45, 7) is 12.6. The Balaban J connectivity index is 1.07. The highest BCUT2D eigenvalue weighted by Gasteiger charge is 2.62. The minimum atomic E-state index is -1.19. The molecule has 4 aliphatic rings. The van der Waals surface area contributed by atoms with Crippen molar-refractivity contribution in [3.8, 4) is 23.0 Å². The first-order valence-corrected chi connectivity index (χ1v) is 23.4. The zero-order valence-corrected chi connectivity index (χ0v) is 37.6. The summed E-state index contributed by atoms with van der Waals surface area (Å²) in [5, 5.41) is 19.2. The minimum absolute atomic E-state index is 0.0604. The Morgan fingerprint density at radius 1 is 0.635 bits per heavy atom. The number of rotatable bonds is 15. The molecule has 0 aliphatic heterocycles. The van der Waals surface area contributed by atoms with Crippen molar-refractivity contribution in [1.82, 2.24) is 0 Å². The monoisotopic (exact) mass is 852 g/mol. The van der Waals surface area contributed by atoms with Crippen LogP contribution in [0.15, 0.2) is 84.9 Å². The van der Waals surface area contributed by atoms with E-state index in [1.165, 1.54) is 93.2 Å². The Labute approximate surface area is 372 Å². The number of carboxylic acids is 2. The number of aromatic carboxylic acids is 2. The fourth-order valence-corrected chi connectivity index (χ4v) is 13.7. The lowest BCUT2D eigenvalue weighted by molar-refractivity contribution is -0.122. The van der Waals surface area contributed by atoms with Crippen molar-refractivity contribution < 1.29 is 38.9 Å². The molecule has 9 atom stereocenters. The van der Waals surface area contributed by atoms with Gasteiger partial charge >= 0.3 is 11.9 Å². The topological polar surface area (TPSA) is 127 Å². The van der Waals surface area contributed by atoms with Gasteiger partial charge in [0.2, 0.25) is 0 Å². The van der Waals surface area contributed by atoms with Crippen molar-refractivity contribution in [1.29, 1.82) is 0 Å². The molecule has 8 rings (SSSR count). The summed E-state index contributed by atoms with van der Waals surface area (Å²) in [5.74, 6) is 4.86. The van der Waals surface area contributed by atoms with Crippen molar-refractivity contribution >= 4 is 24.5 Å². The first-order valence-electron chi connectivity index (χ1n) is 23.4. The zero-order chi connectivity index (χ0) is 44.7. The van der Waals surface area contributed by atoms with E-state index in [2.05, 4.69) is 58.9 Å². The average Bonchev–Trinajstić information content (AvgIpc) is 3.63. The van der Waals surface area contributed by atoms with Crippen molar-refractivity contribution in [2.75, 3.05) is 0 Å². The highest BCUT2D eigenvalue weighted by Crippen LogP contribution is 2.70. The number of hydrogen-bond acceptors (Lipinski definition) is 6. The molecule has 4 aromatic rings. The van der Waals surface area contributed by atoms with E-state index in [0.717, 1.165) is 54.8 Å². The van der Waals surface area contributed by atoms with Crippen LogP contribution in [0, 0.1) is 52.3 Å². The Bertz CT molecular complexity index is 2330. The van der Waals surface area contributed by atoms with Crippen LogP contribution in [-0.2, 0) is 5.41 Å². The van der Waals surface area contributed by atoms with E-state index >= 15 is 0 Å². The maximum atomic E-state index is 11.8. The molecule has 4 fully saturated rings. The SMILES string of the molecule is CC(C)CCCC(C)C1CCC2C3CCC4CC(c5ccc(Oc6ccc(C(=O)O)c(C=O)c6)cc5)(c5ccc(Oc6ccc(C=O)c(C(=O)O)c6)cc5)CCC4(C)C3CCC12C. The highest BCUT2D eigenvalue weighted by atomic mass is 16.5. The molecule has 0 amide bonds. The molecule has 0 aromatic heterocycles. The number of carboxylic acid groups (broad SMARTS) is 2. The van der Waals surface area contributed by atoms with Gasteiger partial charge in [-0.3, -0.25) is 9.59 Å². The smallest absolute Gasteiger partial charge is 0.336 e. The third-order valence-electron chi connectivity index (χ3n) is 17.0.